The van der Waals surface area contributed by atoms with Crippen molar-refractivity contribution in [3.05, 3.63) is 83.2 Å². The second-order valence-corrected chi connectivity index (χ2v) is 9.48. The summed E-state index contributed by atoms with van der Waals surface area (Å²) >= 11 is 0. The summed E-state index contributed by atoms with van der Waals surface area (Å²) in [5.74, 6) is 0. The molecule has 0 amide bonds. The summed E-state index contributed by atoms with van der Waals surface area (Å²) in [7, 11) is -2.58. The summed E-state index contributed by atoms with van der Waals surface area (Å²) < 4.78 is 28.1. The van der Waals surface area contributed by atoms with Gasteiger partial charge in [0, 0.05) is 47.1 Å². The number of anilines is 2. The maximum atomic E-state index is 13.4. The van der Waals surface area contributed by atoms with Crippen LogP contribution >= 0.6 is 0 Å². The number of benzene rings is 2. The van der Waals surface area contributed by atoms with Gasteiger partial charge in [-0.05, 0) is 55.0 Å². The summed E-state index contributed by atoms with van der Waals surface area (Å²) in [6.07, 6.45) is 4.67. The summed E-state index contributed by atoms with van der Waals surface area (Å²) in [4.78, 5) is 23.7. The largest absolute Gasteiger partial charge is 0.361 e. The zero-order valence-electron chi connectivity index (χ0n) is 17.3. The molecule has 5 rings (SSSR count). The van der Waals surface area contributed by atoms with Crippen molar-refractivity contribution in [3.63, 3.8) is 0 Å². The number of aromatic nitrogens is 4. The monoisotopic (exact) mass is 445 g/mol. The maximum absolute atomic E-state index is 13.4. The molecule has 32 heavy (non-hydrogen) atoms. The molecule has 0 radical (unpaired) electrons. The van der Waals surface area contributed by atoms with Crippen molar-refractivity contribution < 1.29 is 8.42 Å². The van der Waals surface area contributed by atoms with Gasteiger partial charge in [0.1, 0.15) is 16.9 Å². The first kappa shape index (κ1) is 20.0. The van der Waals surface area contributed by atoms with Gasteiger partial charge in [-0.3, -0.25) is 9.36 Å². The Hall–Kier alpha value is -3.98. The third-order valence-electron chi connectivity index (χ3n) is 5.48. The van der Waals surface area contributed by atoms with E-state index in [1.807, 2.05) is 37.4 Å². The van der Waals surface area contributed by atoms with Crippen LogP contribution in [0.3, 0.4) is 0 Å². The molecule has 3 aromatic heterocycles. The molecule has 0 bridgehead atoms. The maximum Gasteiger partial charge on any atom is 0.271 e. The van der Waals surface area contributed by atoms with Gasteiger partial charge in [0.2, 0.25) is 9.84 Å². The lowest BCUT2D eigenvalue weighted by Gasteiger charge is -2.13. The molecular weight excluding hydrogens is 426 g/mol. The van der Waals surface area contributed by atoms with Gasteiger partial charge < -0.3 is 10.3 Å². The molecule has 3 heterocycles. The SMILES string of the molecule is Cc1ccc(S(=O)(=O)c2cc3cncnc3n(C)c2=O)cc1Nc1ccc2[nH]ccc2c1. The molecule has 0 atom stereocenters. The average molecular weight is 446 g/mol. The zero-order chi connectivity index (χ0) is 22.5. The predicted octanol–water partition coefficient (Wildman–Crippen LogP) is 3.69. The van der Waals surface area contributed by atoms with E-state index in [4.69, 9.17) is 0 Å². The van der Waals surface area contributed by atoms with Gasteiger partial charge in [0.05, 0.1) is 4.90 Å². The van der Waals surface area contributed by atoms with E-state index >= 15 is 0 Å². The Morgan fingerprint density at radius 3 is 2.72 bits per heavy atom. The summed E-state index contributed by atoms with van der Waals surface area (Å²) in [6.45, 7) is 1.89. The molecule has 0 saturated heterocycles. The highest BCUT2D eigenvalue weighted by Gasteiger charge is 2.24. The number of rotatable bonds is 4. The zero-order valence-corrected chi connectivity index (χ0v) is 18.1. The van der Waals surface area contributed by atoms with Crippen molar-refractivity contribution in [3.8, 4) is 0 Å². The van der Waals surface area contributed by atoms with Crippen LogP contribution in [0.25, 0.3) is 21.9 Å². The topological polar surface area (TPSA) is 110 Å². The highest BCUT2D eigenvalue weighted by molar-refractivity contribution is 7.91. The lowest BCUT2D eigenvalue weighted by atomic mass is 10.2. The first-order valence-corrected chi connectivity index (χ1v) is 11.3. The fourth-order valence-electron chi connectivity index (χ4n) is 3.69. The van der Waals surface area contributed by atoms with Crippen LogP contribution in [0, 0.1) is 6.92 Å². The third kappa shape index (κ3) is 3.23. The summed E-state index contributed by atoms with van der Waals surface area (Å²) in [6, 6.07) is 13.9. The molecule has 0 unspecified atom stereocenters. The second kappa shape index (κ2) is 7.31. The molecule has 160 valence electrons. The number of H-pyrrole nitrogens is 1. The minimum atomic E-state index is -4.07. The number of fused-ring (bicyclic) bond motifs is 2. The number of sulfone groups is 1. The molecule has 0 aliphatic heterocycles. The van der Waals surface area contributed by atoms with E-state index in [0.717, 1.165) is 22.2 Å². The average Bonchev–Trinajstić information content (AvgIpc) is 3.25. The molecule has 0 aliphatic rings. The molecule has 0 aliphatic carbocycles. The second-order valence-electron chi connectivity index (χ2n) is 7.56. The Labute approximate surface area is 183 Å². The predicted molar refractivity (Wildman–Crippen MR) is 123 cm³/mol. The number of nitrogens with zero attached hydrogens (tertiary/aromatic N) is 3. The molecule has 5 aromatic rings. The molecule has 2 aromatic carbocycles. The minimum absolute atomic E-state index is 0.0293. The lowest BCUT2D eigenvalue weighted by Crippen LogP contribution is -2.25. The van der Waals surface area contributed by atoms with Gasteiger partial charge in [-0.25, -0.2) is 18.4 Å². The van der Waals surface area contributed by atoms with Gasteiger partial charge in [-0.15, -0.1) is 0 Å². The van der Waals surface area contributed by atoms with Gasteiger partial charge in [-0.1, -0.05) is 6.07 Å². The third-order valence-corrected chi connectivity index (χ3v) is 7.23. The Bertz CT molecular complexity index is 1670. The number of aromatic amines is 1. The quantitative estimate of drug-likeness (QED) is 0.437. The van der Waals surface area contributed by atoms with Crippen LogP contribution in [0.5, 0.6) is 0 Å². The fraction of sp³-hybridized carbons (Fsp3) is 0.0870. The van der Waals surface area contributed by atoms with E-state index < -0.39 is 15.4 Å². The van der Waals surface area contributed by atoms with Gasteiger partial charge in [0.25, 0.3) is 5.56 Å². The highest BCUT2D eigenvalue weighted by atomic mass is 32.2. The van der Waals surface area contributed by atoms with Gasteiger partial charge >= 0.3 is 0 Å². The van der Waals surface area contributed by atoms with E-state index in [1.165, 1.54) is 36.3 Å². The lowest BCUT2D eigenvalue weighted by molar-refractivity contribution is 0.593. The smallest absolute Gasteiger partial charge is 0.271 e. The van der Waals surface area contributed by atoms with Crippen molar-refractivity contribution in [1.82, 2.24) is 19.5 Å². The molecule has 9 heteroatoms. The Morgan fingerprint density at radius 2 is 1.88 bits per heavy atom. The van der Waals surface area contributed by atoms with Crippen LogP contribution in [0.4, 0.5) is 11.4 Å². The van der Waals surface area contributed by atoms with Crippen LogP contribution in [0.2, 0.25) is 0 Å². The molecule has 8 nitrogen and oxygen atoms in total. The van der Waals surface area contributed by atoms with Crippen LogP contribution in [-0.4, -0.2) is 27.9 Å². The van der Waals surface area contributed by atoms with Crippen LogP contribution in [0.1, 0.15) is 5.56 Å². The van der Waals surface area contributed by atoms with Crippen molar-refractivity contribution in [2.45, 2.75) is 16.7 Å². The van der Waals surface area contributed by atoms with Crippen molar-refractivity contribution in [2.24, 2.45) is 7.05 Å². The van der Waals surface area contributed by atoms with Crippen molar-refractivity contribution in [1.29, 1.82) is 0 Å². The van der Waals surface area contributed by atoms with E-state index in [-0.39, 0.29) is 9.79 Å². The highest BCUT2D eigenvalue weighted by Crippen LogP contribution is 2.28. The molecule has 0 fully saturated rings. The molecule has 2 N–H and O–H groups in total. The Kier molecular flexibility index (Phi) is 4.56. The van der Waals surface area contributed by atoms with Crippen LogP contribution < -0.4 is 10.9 Å². The van der Waals surface area contributed by atoms with E-state index in [0.29, 0.717) is 16.7 Å². The van der Waals surface area contributed by atoms with Crippen LogP contribution in [-0.2, 0) is 16.9 Å². The standard InChI is InChI=1S/C23H19N5O3S/c1-14-3-5-18(11-20(14)27-17-4-6-19-15(9-17)7-8-25-19)32(30,31)21-10-16-12-24-13-26-22(16)28(2)23(21)29/h3-13,25,27H,1-2H3. The molecular formula is C23H19N5O3S. The normalized spacial score (nSPS) is 11.8. The number of aryl methyl sites for hydroxylation is 2. The van der Waals surface area contributed by atoms with Crippen LogP contribution in [0.15, 0.2) is 81.8 Å². The Morgan fingerprint density at radius 1 is 1.03 bits per heavy atom. The van der Waals surface area contributed by atoms with E-state index in [9.17, 15) is 13.2 Å². The van der Waals surface area contributed by atoms with Crippen molar-refractivity contribution >= 4 is 43.1 Å². The fourth-order valence-corrected chi connectivity index (χ4v) is 5.11. The number of hydrogen-bond donors (Lipinski definition) is 2. The molecule has 0 spiro atoms. The van der Waals surface area contributed by atoms with Gasteiger partial charge in [0.15, 0.2) is 0 Å². The Balaban J connectivity index is 1.60. The first-order valence-electron chi connectivity index (χ1n) is 9.84. The summed E-state index contributed by atoms with van der Waals surface area (Å²) in [5.41, 5.74) is 3.09. The summed E-state index contributed by atoms with van der Waals surface area (Å²) in [5, 5.41) is 4.80. The minimum Gasteiger partial charge on any atom is -0.361 e. The number of hydrogen-bond acceptors (Lipinski definition) is 6. The van der Waals surface area contributed by atoms with Crippen molar-refractivity contribution in [2.75, 3.05) is 5.32 Å². The van der Waals surface area contributed by atoms with E-state index in [2.05, 4.69) is 20.3 Å². The number of nitrogens with one attached hydrogen (secondary N) is 2. The molecule has 0 saturated carbocycles. The van der Waals surface area contributed by atoms with Gasteiger partial charge in [-0.2, -0.15) is 0 Å². The van der Waals surface area contributed by atoms with E-state index in [1.54, 1.807) is 12.1 Å². The number of pyridine rings is 1. The first-order chi connectivity index (χ1) is 15.3.